The van der Waals surface area contributed by atoms with Crippen LogP contribution in [0.3, 0.4) is 0 Å². The van der Waals surface area contributed by atoms with Gasteiger partial charge in [-0.1, -0.05) is 12.2 Å². The number of alkyl halides is 2. The number of rotatable bonds is 7. The van der Waals surface area contributed by atoms with Crippen LogP contribution < -0.4 is 4.74 Å². The summed E-state index contributed by atoms with van der Waals surface area (Å²) in [4.78, 5) is 0. The average molecular weight is 420 g/mol. The summed E-state index contributed by atoms with van der Waals surface area (Å²) in [6, 6.07) is 1.74. The topological polar surface area (TPSA) is 46.2 Å². The summed E-state index contributed by atoms with van der Waals surface area (Å²) in [5, 5.41) is 0. The molecule has 0 spiro atoms. The highest BCUT2D eigenvalue weighted by molar-refractivity contribution is 5.32. The van der Waals surface area contributed by atoms with E-state index in [0.29, 0.717) is 32.8 Å². The van der Waals surface area contributed by atoms with Crippen molar-refractivity contribution in [1.29, 1.82) is 0 Å². The molecule has 3 rings (SSSR count). The zero-order chi connectivity index (χ0) is 20.8. The van der Waals surface area contributed by atoms with Crippen molar-refractivity contribution >= 4 is 0 Å². The van der Waals surface area contributed by atoms with E-state index in [2.05, 4.69) is 10.8 Å². The van der Waals surface area contributed by atoms with Gasteiger partial charge in [0.15, 0.2) is 30.0 Å². The Balaban J connectivity index is 1.45. The summed E-state index contributed by atoms with van der Waals surface area (Å²) in [5.41, 5.74) is 0.0639. The molecule has 0 bridgehead atoms. The maximum Gasteiger partial charge on any atom is 0.387 e. The van der Waals surface area contributed by atoms with E-state index >= 15 is 0 Å². The Kier molecular flexibility index (Phi) is 7.88. The van der Waals surface area contributed by atoms with Crippen molar-refractivity contribution in [3.8, 4) is 5.75 Å². The normalized spacial score (nSPS) is 28.2. The van der Waals surface area contributed by atoms with Gasteiger partial charge < -0.3 is 23.7 Å². The average Bonchev–Trinajstić information content (AvgIpc) is 2.70. The van der Waals surface area contributed by atoms with Crippen molar-refractivity contribution in [1.82, 2.24) is 0 Å². The molecule has 0 saturated carbocycles. The second kappa shape index (κ2) is 10.4. The Morgan fingerprint density at radius 1 is 1.00 bits per heavy atom. The van der Waals surface area contributed by atoms with E-state index in [1.807, 2.05) is 13.0 Å². The fourth-order valence-electron chi connectivity index (χ4n) is 3.30. The van der Waals surface area contributed by atoms with Gasteiger partial charge in [0.1, 0.15) is 0 Å². The smallest absolute Gasteiger partial charge is 0.387 e. The minimum Gasteiger partial charge on any atom is -0.429 e. The molecule has 1 aromatic carbocycles. The van der Waals surface area contributed by atoms with Gasteiger partial charge in [0.25, 0.3) is 0 Å². The SMILES string of the molecule is C/C=C/C1COC(CCC2COC(c3cc(F)c(OC(F)F)c(F)c3)OC2)OC1. The van der Waals surface area contributed by atoms with Crippen LogP contribution in [0, 0.1) is 23.5 Å². The second-order valence-corrected chi connectivity index (χ2v) is 7.02. The fourth-order valence-corrected chi connectivity index (χ4v) is 3.30. The Morgan fingerprint density at radius 3 is 2.17 bits per heavy atom. The predicted octanol–water partition coefficient (Wildman–Crippen LogP) is 4.57. The molecule has 0 unspecified atom stereocenters. The lowest BCUT2D eigenvalue weighted by Gasteiger charge is -2.32. The highest BCUT2D eigenvalue weighted by Crippen LogP contribution is 2.32. The molecule has 1 aromatic rings. The minimum atomic E-state index is -3.32. The van der Waals surface area contributed by atoms with E-state index in [0.717, 1.165) is 18.6 Å². The van der Waals surface area contributed by atoms with Gasteiger partial charge in [-0.25, -0.2) is 8.78 Å². The van der Waals surface area contributed by atoms with Gasteiger partial charge in [-0.3, -0.25) is 0 Å². The zero-order valence-corrected chi connectivity index (χ0v) is 16.0. The second-order valence-electron chi connectivity index (χ2n) is 7.02. The van der Waals surface area contributed by atoms with E-state index in [9.17, 15) is 17.6 Å². The molecule has 5 nitrogen and oxygen atoms in total. The van der Waals surface area contributed by atoms with E-state index in [1.165, 1.54) is 0 Å². The van der Waals surface area contributed by atoms with E-state index in [1.54, 1.807) is 0 Å². The Bertz CT molecular complexity index is 660. The minimum absolute atomic E-state index is 0.0639. The molecule has 0 aromatic heterocycles. The summed E-state index contributed by atoms with van der Waals surface area (Å²) < 4.78 is 78.5. The van der Waals surface area contributed by atoms with Crippen molar-refractivity contribution in [3.05, 3.63) is 41.5 Å². The molecule has 162 valence electrons. The first-order valence-electron chi connectivity index (χ1n) is 9.49. The standard InChI is InChI=1S/C20H24F4O5/c1-2-3-12-8-25-17(26-9-12)5-4-13-10-27-19(28-11-13)14-6-15(21)18(16(22)7-14)29-20(23)24/h2-3,6-7,12-13,17,19-20H,4-5,8-11H2,1H3/b3-2+. The summed E-state index contributed by atoms with van der Waals surface area (Å²) >= 11 is 0. The fraction of sp³-hybridized carbons (Fsp3) is 0.600. The molecule has 2 aliphatic heterocycles. The van der Waals surface area contributed by atoms with Crippen LogP contribution in [0.15, 0.2) is 24.3 Å². The number of benzene rings is 1. The molecule has 0 N–H and O–H groups in total. The Labute approximate surface area is 166 Å². The van der Waals surface area contributed by atoms with E-state index in [-0.39, 0.29) is 23.7 Å². The van der Waals surface area contributed by atoms with Crippen molar-refractivity contribution in [2.24, 2.45) is 11.8 Å². The third kappa shape index (κ3) is 6.15. The van der Waals surface area contributed by atoms with Crippen LogP contribution in [0.1, 0.15) is 31.6 Å². The summed E-state index contributed by atoms with van der Waals surface area (Å²) in [5.74, 6) is -3.24. The first kappa shape index (κ1) is 22.0. The van der Waals surface area contributed by atoms with Crippen LogP contribution in [-0.4, -0.2) is 39.3 Å². The number of hydrogen-bond acceptors (Lipinski definition) is 5. The number of hydrogen-bond donors (Lipinski definition) is 0. The van der Waals surface area contributed by atoms with Gasteiger partial charge in [0.05, 0.1) is 26.4 Å². The summed E-state index contributed by atoms with van der Waals surface area (Å²) in [7, 11) is 0. The Morgan fingerprint density at radius 2 is 1.62 bits per heavy atom. The lowest BCUT2D eigenvalue weighted by atomic mass is 10.0. The molecule has 0 atom stereocenters. The van der Waals surface area contributed by atoms with Crippen molar-refractivity contribution in [2.45, 2.75) is 39.0 Å². The lowest BCUT2D eigenvalue weighted by molar-refractivity contribution is -0.217. The molecule has 9 heteroatoms. The van der Waals surface area contributed by atoms with Gasteiger partial charge in [0.2, 0.25) is 0 Å². The summed E-state index contributed by atoms with van der Waals surface area (Å²) in [6.07, 6.45) is 4.22. The van der Waals surface area contributed by atoms with Crippen molar-refractivity contribution in [3.63, 3.8) is 0 Å². The van der Waals surface area contributed by atoms with E-state index < -0.39 is 30.3 Å². The predicted molar refractivity (Wildman–Crippen MR) is 94.4 cm³/mol. The lowest BCUT2D eigenvalue weighted by Crippen LogP contribution is -2.33. The molecule has 2 aliphatic rings. The van der Waals surface area contributed by atoms with Gasteiger partial charge in [-0.15, -0.1) is 0 Å². The monoisotopic (exact) mass is 420 g/mol. The molecule has 0 radical (unpaired) electrons. The van der Waals surface area contributed by atoms with Crippen LogP contribution in [-0.2, 0) is 18.9 Å². The molecule has 0 amide bonds. The maximum atomic E-state index is 13.9. The molecule has 2 fully saturated rings. The van der Waals surface area contributed by atoms with Crippen LogP contribution in [0.4, 0.5) is 17.6 Å². The summed E-state index contributed by atoms with van der Waals surface area (Å²) in [6.45, 7) is 0.540. The largest absolute Gasteiger partial charge is 0.429 e. The zero-order valence-electron chi connectivity index (χ0n) is 16.0. The third-order valence-corrected chi connectivity index (χ3v) is 4.73. The molecule has 0 aliphatic carbocycles. The number of halogens is 4. The molecule has 2 heterocycles. The van der Waals surface area contributed by atoms with Crippen LogP contribution in [0.25, 0.3) is 0 Å². The van der Waals surface area contributed by atoms with Gasteiger partial charge in [-0.05, 0) is 31.9 Å². The van der Waals surface area contributed by atoms with Crippen LogP contribution in [0.2, 0.25) is 0 Å². The highest BCUT2D eigenvalue weighted by Gasteiger charge is 2.28. The molecule has 2 saturated heterocycles. The third-order valence-electron chi connectivity index (χ3n) is 4.73. The first-order chi connectivity index (χ1) is 14.0. The Hall–Kier alpha value is -1.68. The number of ether oxygens (including phenoxy) is 5. The maximum absolute atomic E-state index is 13.9. The molecular formula is C20H24F4O5. The van der Waals surface area contributed by atoms with Gasteiger partial charge in [-0.2, -0.15) is 8.78 Å². The van der Waals surface area contributed by atoms with Crippen LogP contribution >= 0.6 is 0 Å². The van der Waals surface area contributed by atoms with E-state index in [4.69, 9.17) is 18.9 Å². The van der Waals surface area contributed by atoms with Gasteiger partial charge in [0, 0.05) is 17.4 Å². The van der Waals surface area contributed by atoms with Crippen molar-refractivity contribution < 1.29 is 41.2 Å². The molecular weight excluding hydrogens is 396 g/mol. The first-order valence-corrected chi connectivity index (χ1v) is 9.49. The highest BCUT2D eigenvalue weighted by atomic mass is 19.3. The van der Waals surface area contributed by atoms with Gasteiger partial charge >= 0.3 is 6.61 Å². The van der Waals surface area contributed by atoms with Crippen LogP contribution in [0.5, 0.6) is 5.75 Å². The number of allylic oxidation sites excluding steroid dienone is 1. The quantitative estimate of drug-likeness (QED) is 0.478. The molecule has 29 heavy (non-hydrogen) atoms. The van der Waals surface area contributed by atoms with Crippen molar-refractivity contribution in [2.75, 3.05) is 26.4 Å².